The molecule has 1 saturated carbocycles. The van der Waals surface area contributed by atoms with E-state index in [-0.39, 0.29) is 0 Å². The Morgan fingerprint density at radius 1 is 1.00 bits per heavy atom. The maximum atomic E-state index is 12.7. The van der Waals surface area contributed by atoms with Gasteiger partial charge in [-0.15, -0.1) is 0 Å². The zero-order valence-corrected chi connectivity index (χ0v) is 17.3. The average molecular weight is 393 g/mol. The fraction of sp³-hybridized carbons (Fsp3) is 0.625. The van der Waals surface area contributed by atoms with Crippen LogP contribution in [0.5, 0.6) is 0 Å². The number of hydrogen-bond acceptors (Lipinski definition) is 4. The molecule has 5 rings (SSSR count). The van der Waals surface area contributed by atoms with Gasteiger partial charge in [0.25, 0.3) is 0 Å². The van der Waals surface area contributed by atoms with Crippen molar-refractivity contribution >= 4 is 16.9 Å². The molecule has 3 heterocycles. The Labute approximate surface area is 173 Å². The third kappa shape index (κ3) is 4.02. The SMILES string of the molecule is O=C1CC[C@@H]2CN(Cc3cccc4nccnc34)CC[C@@H]2N1CC1CCCCC1. The number of piperidine rings is 2. The molecule has 1 aromatic carbocycles. The summed E-state index contributed by atoms with van der Waals surface area (Å²) in [5, 5.41) is 0. The van der Waals surface area contributed by atoms with Gasteiger partial charge in [-0.25, -0.2) is 0 Å². The number of hydrogen-bond donors (Lipinski definition) is 0. The molecule has 1 aromatic heterocycles. The first kappa shape index (κ1) is 19.0. The zero-order valence-electron chi connectivity index (χ0n) is 17.3. The first-order chi connectivity index (χ1) is 14.3. The van der Waals surface area contributed by atoms with Crippen molar-refractivity contribution in [3.8, 4) is 0 Å². The number of amides is 1. The molecular formula is C24H32N4O. The maximum absolute atomic E-state index is 12.7. The molecule has 3 aliphatic rings. The number of likely N-dealkylation sites (tertiary alicyclic amines) is 2. The van der Waals surface area contributed by atoms with Gasteiger partial charge in [0.1, 0.15) is 0 Å². The van der Waals surface area contributed by atoms with Gasteiger partial charge in [-0.1, -0.05) is 31.4 Å². The van der Waals surface area contributed by atoms with E-state index in [1.807, 2.05) is 6.07 Å². The summed E-state index contributed by atoms with van der Waals surface area (Å²) >= 11 is 0. The Kier molecular flexibility index (Phi) is 5.49. The summed E-state index contributed by atoms with van der Waals surface area (Å²) in [5.74, 6) is 1.76. The van der Waals surface area contributed by atoms with Gasteiger partial charge in [-0.05, 0) is 49.1 Å². The highest BCUT2D eigenvalue weighted by atomic mass is 16.2. The molecular weight excluding hydrogens is 360 g/mol. The fourth-order valence-electron chi connectivity index (χ4n) is 5.88. The number of carbonyl (C=O) groups excluding carboxylic acids is 1. The molecule has 0 spiro atoms. The lowest BCUT2D eigenvalue weighted by Gasteiger charge is -2.48. The van der Waals surface area contributed by atoms with Gasteiger partial charge in [-0.3, -0.25) is 19.7 Å². The number of aromatic nitrogens is 2. The van der Waals surface area contributed by atoms with Gasteiger partial charge in [0.2, 0.25) is 5.91 Å². The molecule has 0 N–H and O–H groups in total. The van der Waals surface area contributed by atoms with Crippen molar-refractivity contribution in [2.75, 3.05) is 19.6 Å². The van der Waals surface area contributed by atoms with Crippen molar-refractivity contribution < 1.29 is 4.79 Å². The molecule has 3 fully saturated rings. The minimum atomic E-state index is 0.412. The summed E-state index contributed by atoms with van der Waals surface area (Å²) < 4.78 is 0. The summed E-state index contributed by atoms with van der Waals surface area (Å²) in [5.41, 5.74) is 3.26. The molecule has 1 amide bonds. The first-order valence-corrected chi connectivity index (χ1v) is 11.5. The van der Waals surface area contributed by atoms with Crippen LogP contribution in [0.15, 0.2) is 30.6 Å². The van der Waals surface area contributed by atoms with E-state index in [0.717, 1.165) is 62.4 Å². The van der Waals surface area contributed by atoms with Crippen molar-refractivity contribution in [3.63, 3.8) is 0 Å². The lowest BCUT2D eigenvalue weighted by Crippen LogP contribution is -2.56. The molecule has 2 saturated heterocycles. The van der Waals surface area contributed by atoms with E-state index >= 15 is 0 Å². The van der Waals surface area contributed by atoms with Crippen molar-refractivity contribution in [2.24, 2.45) is 11.8 Å². The van der Waals surface area contributed by atoms with Gasteiger partial charge >= 0.3 is 0 Å². The van der Waals surface area contributed by atoms with Gasteiger partial charge < -0.3 is 4.90 Å². The molecule has 2 aromatic rings. The fourth-order valence-corrected chi connectivity index (χ4v) is 5.88. The van der Waals surface area contributed by atoms with Crippen molar-refractivity contribution in [1.82, 2.24) is 19.8 Å². The van der Waals surface area contributed by atoms with E-state index in [1.54, 1.807) is 12.4 Å². The number of carbonyl (C=O) groups is 1. The van der Waals surface area contributed by atoms with Crippen LogP contribution in [0.4, 0.5) is 0 Å². The summed E-state index contributed by atoms with van der Waals surface area (Å²) in [6.07, 6.45) is 13.2. The summed E-state index contributed by atoms with van der Waals surface area (Å²) in [7, 11) is 0. The third-order valence-electron chi connectivity index (χ3n) is 7.38. The molecule has 5 heteroatoms. The maximum Gasteiger partial charge on any atom is 0.222 e. The van der Waals surface area contributed by atoms with Crippen LogP contribution >= 0.6 is 0 Å². The van der Waals surface area contributed by atoms with Crippen LogP contribution in [0.25, 0.3) is 11.0 Å². The van der Waals surface area contributed by atoms with Gasteiger partial charge in [0.05, 0.1) is 11.0 Å². The molecule has 0 radical (unpaired) electrons. The number of nitrogens with zero attached hydrogens (tertiary/aromatic N) is 4. The quantitative estimate of drug-likeness (QED) is 0.788. The number of para-hydroxylation sites is 1. The van der Waals surface area contributed by atoms with Gasteiger partial charge in [-0.2, -0.15) is 0 Å². The molecule has 1 aliphatic carbocycles. The standard InChI is InChI=1S/C24H32N4O/c29-23-10-9-19-16-27(17-20-7-4-8-21-24(20)26-13-12-25-21)14-11-22(19)28(23)15-18-5-2-1-3-6-18/h4,7-8,12-13,18-19,22H,1-3,5-6,9-11,14-17H2/t19-,22+/m1/s1. The van der Waals surface area contributed by atoms with Crippen molar-refractivity contribution in [2.45, 2.75) is 64.0 Å². The van der Waals surface area contributed by atoms with Crippen molar-refractivity contribution in [1.29, 1.82) is 0 Å². The molecule has 2 aliphatic heterocycles. The van der Waals surface area contributed by atoms with Crippen LogP contribution in [0.3, 0.4) is 0 Å². The van der Waals surface area contributed by atoms with E-state index in [4.69, 9.17) is 0 Å². The molecule has 2 atom stereocenters. The Hall–Kier alpha value is -2.01. The topological polar surface area (TPSA) is 49.3 Å². The third-order valence-corrected chi connectivity index (χ3v) is 7.38. The average Bonchev–Trinajstić information content (AvgIpc) is 2.77. The summed E-state index contributed by atoms with van der Waals surface area (Å²) in [6.45, 7) is 4.09. The Morgan fingerprint density at radius 3 is 2.76 bits per heavy atom. The van der Waals surface area contributed by atoms with Gasteiger partial charge in [0.15, 0.2) is 0 Å². The molecule has 0 bridgehead atoms. The smallest absolute Gasteiger partial charge is 0.222 e. The van der Waals surface area contributed by atoms with E-state index in [1.165, 1.54) is 37.7 Å². The minimum absolute atomic E-state index is 0.412. The van der Waals surface area contributed by atoms with Crippen LogP contribution in [-0.2, 0) is 11.3 Å². The predicted octanol–water partition coefficient (Wildman–Crippen LogP) is 4.02. The molecule has 154 valence electrons. The largest absolute Gasteiger partial charge is 0.339 e. The summed E-state index contributed by atoms with van der Waals surface area (Å²) in [4.78, 5) is 26.6. The molecule has 0 unspecified atom stereocenters. The lowest BCUT2D eigenvalue weighted by molar-refractivity contribution is -0.142. The van der Waals surface area contributed by atoms with Gasteiger partial charge in [0, 0.05) is 51.0 Å². The second-order valence-corrected chi connectivity index (χ2v) is 9.28. The number of benzene rings is 1. The first-order valence-electron chi connectivity index (χ1n) is 11.5. The number of fused-ring (bicyclic) bond motifs is 2. The second-order valence-electron chi connectivity index (χ2n) is 9.28. The summed E-state index contributed by atoms with van der Waals surface area (Å²) in [6, 6.07) is 6.77. The van der Waals surface area contributed by atoms with Crippen LogP contribution in [0, 0.1) is 11.8 Å². The van der Waals surface area contributed by atoms with E-state index in [2.05, 4.69) is 31.9 Å². The zero-order chi connectivity index (χ0) is 19.6. The lowest BCUT2D eigenvalue weighted by atomic mass is 9.81. The monoisotopic (exact) mass is 392 g/mol. The van der Waals surface area contributed by atoms with E-state index in [9.17, 15) is 4.79 Å². The molecule has 29 heavy (non-hydrogen) atoms. The number of rotatable bonds is 4. The van der Waals surface area contributed by atoms with Crippen LogP contribution in [-0.4, -0.2) is 51.4 Å². The Morgan fingerprint density at radius 2 is 1.86 bits per heavy atom. The highest BCUT2D eigenvalue weighted by Gasteiger charge is 2.40. The minimum Gasteiger partial charge on any atom is -0.339 e. The van der Waals surface area contributed by atoms with E-state index in [0.29, 0.717) is 17.9 Å². The van der Waals surface area contributed by atoms with Crippen LogP contribution in [0.2, 0.25) is 0 Å². The van der Waals surface area contributed by atoms with E-state index < -0.39 is 0 Å². The van der Waals surface area contributed by atoms with Crippen molar-refractivity contribution in [3.05, 3.63) is 36.2 Å². The Balaban J connectivity index is 1.26. The van der Waals surface area contributed by atoms with Crippen LogP contribution in [0.1, 0.15) is 56.9 Å². The Bertz CT molecular complexity index is 858. The highest BCUT2D eigenvalue weighted by Crippen LogP contribution is 2.34. The van der Waals surface area contributed by atoms with Crippen LogP contribution < -0.4 is 0 Å². The normalized spacial score (nSPS) is 26.6. The highest BCUT2D eigenvalue weighted by molar-refractivity contribution is 5.78. The second kappa shape index (κ2) is 8.39. The predicted molar refractivity (Wildman–Crippen MR) is 114 cm³/mol. The molecule has 5 nitrogen and oxygen atoms in total.